The predicted octanol–water partition coefficient (Wildman–Crippen LogP) is 13.8. The second-order valence-corrected chi connectivity index (χ2v) is 16.0. The van der Waals surface area contributed by atoms with Gasteiger partial charge in [0.05, 0.1) is 11.0 Å². The fourth-order valence-electron chi connectivity index (χ4n) is 9.16. The predicted molar refractivity (Wildman–Crippen MR) is 240 cm³/mol. The van der Waals surface area contributed by atoms with Gasteiger partial charge in [-0.1, -0.05) is 135 Å². The van der Waals surface area contributed by atoms with Crippen molar-refractivity contribution < 1.29 is 9.47 Å². The minimum atomic E-state index is -0.140. The molecule has 0 radical (unpaired) electrons. The molecule has 0 spiro atoms. The Balaban J connectivity index is 0.929. The van der Waals surface area contributed by atoms with Crippen molar-refractivity contribution in [1.82, 2.24) is 19.5 Å². The van der Waals surface area contributed by atoms with E-state index in [1.165, 1.54) is 44.1 Å². The number of para-hydroxylation sites is 3. The third kappa shape index (κ3) is 5.31. The van der Waals surface area contributed by atoms with Crippen molar-refractivity contribution >= 4 is 21.8 Å². The molecule has 10 aromatic rings. The topological polar surface area (TPSA) is 62.1 Å². The average Bonchev–Trinajstić information content (AvgIpc) is 3.75. The molecule has 6 nitrogen and oxygen atoms in total. The summed E-state index contributed by atoms with van der Waals surface area (Å²) in [7, 11) is 0. The summed E-state index contributed by atoms with van der Waals surface area (Å²) in [5.41, 5.74) is 12.8. The zero-order chi connectivity index (χ0) is 40.0. The molecule has 284 valence electrons. The van der Waals surface area contributed by atoms with E-state index in [2.05, 4.69) is 146 Å². The minimum Gasteiger partial charge on any atom is -0.449 e. The van der Waals surface area contributed by atoms with Gasteiger partial charge in [-0.25, -0.2) is 15.0 Å². The van der Waals surface area contributed by atoms with E-state index in [9.17, 15) is 0 Å². The van der Waals surface area contributed by atoms with Crippen LogP contribution >= 0.6 is 0 Å². The molecule has 0 atom stereocenters. The highest BCUT2D eigenvalue weighted by atomic mass is 16.6. The molecule has 0 saturated heterocycles. The molecule has 0 saturated carbocycles. The maximum absolute atomic E-state index is 6.79. The fourth-order valence-corrected chi connectivity index (χ4v) is 9.16. The van der Waals surface area contributed by atoms with Gasteiger partial charge in [-0.05, 0) is 88.5 Å². The molecule has 6 heteroatoms. The molecular formula is C54H36N4O2. The molecule has 0 fully saturated rings. The van der Waals surface area contributed by atoms with Crippen molar-refractivity contribution in [3.8, 4) is 85.1 Å². The van der Waals surface area contributed by atoms with Crippen LogP contribution in [0, 0.1) is 0 Å². The number of nitrogens with zero attached hydrogens (tertiary/aromatic N) is 4. The lowest BCUT2D eigenvalue weighted by atomic mass is 9.82. The number of rotatable bonds is 5. The summed E-state index contributed by atoms with van der Waals surface area (Å²) in [4.78, 5) is 15.2. The van der Waals surface area contributed by atoms with Crippen LogP contribution in [0.15, 0.2) is 182 Å². The smallest absolute Gasteiger partial charge is 0.177 e. The third-order valence-electron chi connectivity index (χ3n) is 12.1. The first kappa shape index (κ1) is 34.2. The van der Waals surface area contributed by atoms with Crippen LogP contribution in [0.1, 0.15) is 25.0 Å². The van der Waals surface area contributed by atoms with Crippen LogP contribution in [0.25, 0.3) is 83.9 Å². The third-order valence-corrected chi connectivity index (χ3v) is 12.1. The Hall–Kier alpha value is -7.83. The minimum absolute atomic E-state index is 0.140. The number of aromatic nitrogens is 4. The van der Waals surface area contributed by atoms with E-state index in [0.717, 1.165) is 39.3 Å². The molecule has 0 bridgehead atoms. The summed E-state index contributed by atoms with van der Waals surface area (Å²) < 4.78 is 15.7. The van der Waals surface area contributed by atoms with Gasteiger partial charge in [0.2, 0.25) is 0 Å². The lowest BCUT2D eigenvalue weighted by molar-refractivity contribution is 0.360. The molecule has 2 aliphatic rings. The molecular weight excluding hydrogens is 737 g/mol. The molecule has 8 aromatic carbocycles. The summed E-state index contributed by atoms with van der Waals surface area (Å²) in [6, 6.07) is 63.0. The second-order valence-electron chi connectivity index (χ2n) is 16.0. The van der Waals surface area contributed by atoms with Crippen molar-refractivity contribution in [2.45, 2.75) is 19.3 Å². The first-order chi connectivity index (χ1) is 29.5. The van der Waals surface area contributed by atoms with Crippen LogP contribution in [0.2, 0.25) is 0 Å². The Morgan fingerprint density at radius 2 is 0.967 bits per heavy atom. The lowest BCUT2D eigenvalue weighted by Crippen LogP contribution is -2.15. The quantitative estimate of drug-likeness (QED) is 0.174. The molecule has 12 rings (SSSR count). The SMILES string of the molecule is CC1(C)c2ccccc2-c2cc3c(cc21)Oc1cccc(-c2cccc(-c4nc(-c5ccccc5)nc(-c5ccc(-n6c7ccccc7c7ccccc76)cc5)n4)c2)c1O3. The number of hydrogen-bond acceptors (Lipinski definition) is 5. The van der Waals surface area contributed by atoms with Crippen molar-refractivity contribution in [2.75, 3.05) is 0 Å². The maximum Gasteiger partial charge on any atom is 0.177 e. The number of fused-ring (bicyclic) bond motifs is 8. The van der Waals surface area contributed by atoms with Crippen molar-refractivity contribution in [3.05, 3.63) is 193 Å². The zero-order valence-corrected chi connectivity index (χ0v) is 32.9. The highest BCUT2D eigenvalue weighted by Gasteiger charge is 2.37. The summed E-state index contributed by atoms with van der Waals surface area (Å²) >= 11 is 0. The summed E-state index contributed by atoms with van der Waals surface area (Å²) in [6.07, 6.45) is 0. The van der Waals surface area contributed by atoms with Gasteiger partial charge in [0, 0.05) is 44.1 Å². The average molecular weight is 773 g/mol. The van der Waals surface area contributed by atoms with E-state index in [0.29, 0.717) is 34.7 Å². The zero-order valence-electron chi connectivity index (χ0n) is 32.9. The Kier molecular flexibility index (Phi) is 7.47. The number of ether oxygens (including phenoxy) is 2. The van der Waals surface area contributed by atoms with Crippen molar-refractivity contribution in [3.63, 3.8) is 0 Å². The van der Waals surface area contributed by atoms with E-state index in [1.54, 1.807) is 0 Å². The number of benzene rings is 8. The van der Waals surface area contributed by atoms with Crippen LogP contribution in [-0.4, -0.2) is 19.5 Å². The highest BCUT2D eigenvalue weighted by Crippen LogP contribution is 2.56. The van der Waals surface area contributed by atoms with Crippen LogP contribution in [0.4, 0.5) is 0 Å². The molecule has 0 N–H and O–H groups in total. The van der Waals surface area contributed by atoms with Gasteiger partial charge in [-0.15, -0.1) is 0 Å². The first-order valence-corrected chi connectivity index (χ1v) is 20.3. The Bertz CT molecular complexity index is 3300. The normalized spacial score (nSPS) is 13.2. The van der Waals surface area contributed by atoms with Gasteiger partial charge in [0.1, 0.15) is 0 Å². The van der Waals surface area contributed by atoms with Gasteiger partial charge in [-0.2, -0.15) is 0 Å². The van der Waals surface area contributed by atoms with Gasteiger partial charge < -0.3 is 14.0 Å². The fraction of sp³-hybridized carbons (Fsp3) is 0.0556. The van der Waals surface area contributed by atoms with Crippen LogP contribution in [0.3, 0.4) is 0 Å². The van der Waals surface area contributed by atoms with E-state index in [1.807, 2.05) is 54.6 Å². The highest BCUT2D eigenvalue weighted by molar-refractivity contribution is 6.09. The lowest BCUT2D eigenvalue weighted by Gasteiger charge is -2.26. The number of hydrogen-bond donors (Lipinski definition) is 0. The molecule has 0 amide bonds. The van der Waals surface area contributed by atoms with E-state index in [4.69, 9.17) is 24.4 Å². The molecule has 0 unspecified atom stereocenters. The Morgan fingerprint density at radius 3 is 1.72 bits per heavy atom. The van der Waals surface area contributed by atoms with E-state index >= 15 is 0 Å². The molecule has 60 heavy (non-hydrogen) atoms. The first-order valence-electron chi connectivity index (χ1n) is 20.3. The maximum atomic E-state index is 6.79. The van der Waals surface area contributed by atoms with Gasteiger partial charge >= 0.3 is 0 Å². The molecule has 3 heterocycles. The summed E-state index contributed by atoms with van der Waals surface area (Å²) in [5.74, 6) is 4.57. The van der Waals surface area contributed by atoms with Crippen molar-refractivity contribution in [2.24, 2.45) is 0 Å². The molecule has 1 aliphatic heterocycles. The summed E-state index contributed by atoms with van der Waals surface area (Å²) in [6.45, 7) is 4.55. The van der Waals surface area contributed by atoms with Crippen LogP contribution < -0.4 is 9.47 Å². The van der Waals surface area contributed by atoms with Gasteiger partial charge in [-0.3, -0.25) is 0 Å². The van der Waals surface area contributed by atoms with Gasteiger partial charge in [0.15, 0.2) is 40.5 Å². The molecule has 1 aliphatic carbocycles. The summed E-state index contributed by atoms with van der Waals surface area (Å²) in [5, 5.41) is 2.46. The van der Waals surface area contributed by atoms with E-state index < -0.39 is 0 Å². The van der Waals surface area contributed by atoms with Crippen LogP contribution in [-0.2, 0) is 5.41 Å². The van der Waals surface area contributed by atoms with Crippen molar-refractivity contribution in [1.29, 1.82) is 0 Å². The van der Waals surface area contributed by atoms with Crippen LogP contribution in [0.5, 0.6) is 23.0 Å². The van der Waals surface area contributed by atoms with Gasteiger partial charge in [0.25, 0.3) is 0 Å². The Morgan fingerprint density at radius 1 is 0.400 bits per heavy atom. The standard InChI is InChI=1S/C54H36N4O2/c1-54(2)43-22-9-6-18-39(43)42-31-48-49(32-44(42)54)59-47-25-13-21-38(50(47)60-48)35-16-12-17-36(30-35)53-56-51(33-14-4-3-5-15-33)55-52(57-53)34-26-28-37(29-27-34)58-45-23-10-7-19-40(45)41-20-8-11-24-46(41)58/h3-32H,1-2H3. The Labute approximate surface area is 347 Å². The second kappa shape index (κ2) is 13.1. The largest absolute Gasteiger partial charge is 0.449 e. The molecule has 2 aromatic heterocycles. The van der Waals surface area contributed by atoms with E-state index in [-0.39, 0.29) is 5.41 Å². The monoisotopic (exact) mass is 772 g/mol.